The molecule has 4 nitrogen and oxygen atoms in total. The van der Waals surface area contributed by atoms with E-state index in [2.05, 4.69) is 10.6 Å². The third-order valence-electron chi connectivity index (χ3n) is 4.14. The van der Waals surface area contributed by atoms with E-state index in [4.69, 9.17) is 23.2 Å². The summed E-state index contributed by atoms with van der Waals surface area (Å²) in [5, 5.41) is 6.60. The van der Waals surface area contributed by atoms with Gasteiger partial charge in [0.05, 0.1) is 21.4 Å². The standard InChI is InChI=1S/C22H18Cl2N2O2/c23-17-10-6-9-15(21(17)24)13-14-20(27)25-18-11-4-5-12-19(18)26-22(28)16-7-2-1-3-8-16/h1-12H,13-14H2,(H,25,27)(H,26,28). The van der Waals surface area contributed by atoms with Crippen LogP contribution in [0.25, 0.3) is 0 Å². The predicted molar refractivity (Wildman–Crippen MR) is 114 cm³/mol. The minimum absolute atomic E-state index is 0.183. The highest BCUT2D eigenvalue weighted by atomic mass is 35.5. The number of nitrogens with one attached hydrogen (secondary N) is 2. The molecule has 28 heavy (non-hydrogen) atoms. The van der Waals surface area contributed by atoms with Gasteiger partial charge in [0.25, 0.3) is 5.91 Å². The van der Waals surface area contributed by atoms with Gasteiger partial charge in [-0.3, -0.25) is 9.59 Å². The minimum atomic E-state index is -0.243. The average Bonchev–Trinajstić information content (AvgIpc) is 2.71. The van der Waals surface area contributed by atoms with Crippen LogP contribution in [0.15, 0.2) is 72.8 Å². The van der Waals surface area contributed by atoms with Gasteiger partial charge in [-0.1, -0.05) is 65.7 Å². The summed E-state index contributed by atoms with van der Waals surface area (Å²) in [5.41, 5.74) is 2.42. The molecule has 3 aromatic rings. The molecule has 6 heteroatoms. The molecule has 2 amide bonds. The zero-order valence-corrected chi connectivity index (χ0v) is 16.4. The average molecular weight is 413 g/mol. The van der Waals surface area contributed by atoms with Crippen molar-refractivity contribution in [2.45, 2.75) is 12.8 Å². The second-order valence-corrected chi connectivity index (χ2v) is 6.91. The van der Waals surface area contributed by atoms with E-state index < -0.39 is 0 Å². The molecule has 3 aromatic carbocycles. The van der Waals surface area contributed by atoms with E-state index in [0.29, 0.717) is 33.4 Å². The van der Waals surface area contributed by atoms with Crippen LogP contribution in [-0.4, -0.2) is 11.8 Å². The summed E-state index contributed by atoms with van der Waals surface area (Å²) in [6.07, 6.45) is 0.699. The fourth-order valence-corrected chi connectivity index (χ4v) is 3.10. The lowest BCUT2D eigenvalue weighted by atomic mass is 10.1. The van der Waals surface area contributed by atoms with Crippen molar-refractivity contribution in [2.24, 2.45) is 0 Å². The van der Waals surface area contributed by atoms with Crippen LogP contribution in [-0.2, 0) is 11.2 Å². The topological polar surface area (TPSA) is 58.2 Å². The summed E-state index contributed by atoms with van der Waals surface area (Å²) in [6, 6.07) is 21.3. The normalized spacial score (nSPS) is 10.4. The first-order valence-electron chi connectivity index (χ1n) is 8.73. The maximum absolute atomic E-state index is 12.4. The summed E-state index contributed by atoms with van der Waals surface area (Å²) in [4.78, 5) is 24.8. The van der Waals surface area contributed by atoms with Gasteiger partial charge in [0.2, 0.25) is 5.91 Å². The van der Waals surface area contributed by atoms with E-state index in [1.165, 1.54) is 0 Å². The van der Waals surface area contributed by atoms with E-state index >= 15 is 0 Å². The van der Waals surface area contributed by atoms with Gasteiger partial charge in [-0.2, -0.15) is 0 Å². The molecule has 2 N–H and O–H groups in total. The number of carbonyl (C=O) groups is 2. The number of anilines is 2. The van der Waals surface area contributed by atoms with Crippen LogP contribution in [0.5, 0.6) is 0 Å². The van der Waals surface area contributed by atoms with Crippen molar-refractivity contribution in [3.05, 3.63) is 94.0 Å². The Hall–Kier alpha value is -2.82. The van der Waals surface area contributed by atoms with Crippen molar-refractivity contribution in [3.8, 4) is 0 Å². The fraction of sp³-hybridized carbons (Fsp3) is 0.0909. The Balaban J connectivity index is 1.65. The highest BCUT2D eigenvalue weighted by Crippen LogP contribution is 2.27. The fourth-order valence-electron chi connectivity index (χ4n) is 2.69. The van der Waals surface area contributed by atoms with Crippen LogP contribution in [0.1, 0.15) is 22.3 Å². The number of amides is 2. The molecule has 0 unspecified atom stereocenters. The molecule has 0 bridgehead atoms. The lowest BCUT2D eigenvalue weighted by Gasteiger charge is -2.12. The first-order valence-corrected chi connectivity index (χ1v) is 9.48. The molecule has 0 saturated carbocycles. The lowest BCUT2D eigenvalue weighted by Crippen LogP contribution is -2.17. The zero-order chi connectivity index (χ0) is 19.9. The molecule has 0 aliphatic rings. The maximum Gasteiger partial charge on any atom is 0.255 e. The molecule has 3 rings (SSSR count). The number of halogens is 2. The second kappa shape index (κ2) is 9.40. The first kappa shape index (κ1) is 19.9. The number of hydrogen-bond acceptors (Lipinski definition) is 2. The lowest BCUT2D eigenvalue weighted by molar-refractivity contribution is -0.116. The van der Waals surface area contributed by atoms with Gasteiger partial charge >= 0.3 is 0 Å². The van der Waals surface area contributed by atoms with E-state index in [1.54, 1.807) is 60.7 Å². The Morgan fingerprint density at radius 1 is 0.750 bits per heavy atom. The highest BCUT2D eigenvalue weighted by Gasteiger charge is 2.12. The molecule has 0 heterocycles. The molecular formula is C22H18Cl2N2O2. The molecule has 142 valence electrons. The van der Waals surface area contributed by atoms with Gasteiger partial charge in [0, 0.05) is 12.0 Å². The largest absolute Gasteiger partial charge is 0.324 e. The minimum Gasteiger partial charge on any atom is -0.324 e. The molecular weight excluding hydrogens is 395 g/mol. The Labute approximate surface area is 173 Å². The van der Waals surface area contributed by atoms with Gasteiger partial charge in [0.15, 0.2) is 0 Å². The third kappa shape index (κ3) is 5.12. The summed E-state index contributed by atoms with van der Waals surface area (Å²) in [6.45, 7) is 0. The molecule has 0 spiro atoms. The van der Waals surface area contributed by atoms with Gasteiger partial charge in [0.1, 0.15) is 0 Å². The first-order chi connectivity index (χ1) is 13.5. The van der Waals surface area contributed by atoms with Gasteiger partial charge in [-0.05, 0) is 42.3 Å². The van der Waals surface area contributed by atoms with Crippen LogP contribution in [0.3, 0.4) is 0 Å². The third-order valence-corrected chi connectivity index (χ3v) is 5.00. The van der Waals surface area contributed by atoms with Crippen molar-refractivity contribution in [1.29, 1.82) is 0 Å². The Morgan fingerprint density at radius 2 is 1.39 bits per heavy atom. The van der Waals surface area contributed by atoms with Crippen LogP contribution in [0.2, 0.25) is 10.0 Å². The van der Waals surface area contributed by atoms with Crippen LogP contribution < -0.4 is 10.6 Å². The summed E-state index contributed by atoms with van der Waals surface area (Å²) in [7, 11) is 0. The van der Waals surface area contributed by atoms with Crippen LogP contribution in [0, 0.1) is 0 Å². The molecule has 0 radical (unpaired) electrons. The monoisotopic (exact) mass is 412 g/mol. The molecule has 0 fully saturated rings. The van der Waals surface area contributed by atoms with Gasteiger partial charge < -0.3 is 10.6 Å². The van der Waals surface area contributed by atoms with E-state index in [9.17, 15) is 9.59 Å². The Bertz CT molecular complexity index is 991. The number of rotatable bonds is 6. The molecule has 0 atom stereocenters. The number of carbonyl (C=O) groups excluding carboxylic acids is 2. The summed E-state index contributed by atoms with van der Waals surface area (Å²) >= 11 is 12.2. The Kier molecular flexibility index (Phi) is 6.69. The predicted octanol–water partition coefficient (Wildman–Crippen LogP) is 5.82. The number of para-hydroxylation sites is 2. The van der Waals surface area contributed by atoms with Crippen molar-refractivity contribution < 1.29 is 9.59 Å². The summed E-state index contributed by atoms with van der Waals surface area (Å²) in [5.74, 6) is -0.425. The van der Waals surface area contributed by atoms with Gasteiger partial charge in [-0.25, -0.2) is 0 Å². The molecule has 0 aliphatic heterocycles. The molecule has 0 aliphatic carbocycles. The van der Waals surface area contributed by atoms with Crippen molar-refractivity contribution in [1.82, 2.24) is 0 Å². The number of aryl methyl sites for hydroxylation is 1. The zero-order valence-electron chi connectivity index (χ0n) is 14.9. The van der Waals surface area contributed by atoms with Crippen molar-refractivity contribution in [3.63, 3.8) is 0 Å². The Morgan fingerprint density at radius 3 is 2.11 bits per heavy atom. The van der Waals surface area contributed by atoms with E-state index in [1.807, 2.05) is 12.1 Å². The molecule has 0 saturated heterocycles. The van der Waals surface area contributed by atoms with E-state index in [0.717, 1.165) is 5.56 Å². The second-order valence-electron chi connectivity index (χ2n) is 6.13. The van der Waals surface area contributed by atoms with Crippen molar-refractivity contribution in [2.75, 3.05) is 10.6 Å². The van der Waals surface area contributed by atoms with Crippen LogP contribution in [0.4, 0.5) is 11.4 Å². The van der Waals surface area contributed by atoms with Crippen LogP contribution >= 0.6 is 23.2 Å². The highest BCUT2D eigenvalue weighted by molar-refractivity contribution is 6.42. The maximum atomic E-state index is 12.4. The van der Waals surface area contributed by atoms with E-state index in [-0.39, 0.29) is 18.2 Å². The smallest absolute Gasteiger partial charge is 0.255 e. The number of benzene rings is 3. The van der Waals surface area contributed by atoms with Gasteiger partial charge in [-0.15, -0.1) is 0 Å². The van der Waals surface area contributed by atoms with Crippen molar-refractivity contribution >= 4 is 46.4 Å². The molecule has 0 aromatic heterocycles. The summed E-state index contributed by atoms with van der Waals surface area (Å²) < 4.78 is 0. The SMILES string of the molecule is O=C(CCc1cccc(Cl)c1Cl)Nc1ccccc1NC(=O)c1ccccc1. The number of hydrogen-bond donors (Lipinski definition) is 2. The quantitative estimate of drug-likeness (QED) is 0.535.